The summed E-state index contributed by atoms with van der Waals surface area (Å²) < 4.78 is 22.1. The van der Waals surface area contributed by atoms with Crippen LogP contribution in [0.25, 0.3) is 0 Å². The zero-order valence-electron chi connectivity index (χ0n) is 10.8. The summed E-state index contributed by atoms with van der Waals surface area (Å²) in [6, 6.07) is 4.98. The van der Waals surface area contributed by atoms with Crippen molar-refractivity contribution >= 4 is 11.9 Å². The molecule has 1 aromatic carbocycles. The molecule has 0 aliphatic carbocycles. The molecule has 1 amide bonds. The second kappa shape index (κ2) is 7.48. The van der Waals surface area contributed by atoms with E-state index in [4.69, 9.17) is 4.74 Å². The number of amides is 1. The predicted octanol–water partition coefficient (Wildman–Crippen LogP) is 1.19. The fourth-order valence-electron chi connectivity index (χ4n) is 1.56. The quantitative estimate of drug-likeness (QED) is 0.788. The Labute approximate surface area is 110 Å². The van der Waals surface area contributed by atoms with Gasteiger partial charge in [-0.05, 0) is 17.7 Å². The SMILES string of the molecule is COCC(=O)N[C@H](CC(=O)OC)c1ccc(F)cc1. The molecule has 0 radical (unpaired) electrons. The number of hydrogen-bond acceptors (Lipinski definition) is 4. The predicted molar refractivity (Wildman–Crippen MR) is 65.8 cm³/mol. The van der Waals surface area contributed by atoms with Gasteiger partial charge in [-0.2, -0.15) is 0 Å². The van der Waals surface area contributed by atoms with Crippen molar-refractivity contribution in [1.82, 2.24) is 5.32 Å². The van der Waals surface area contributed by atoms with Gasteiger partial charge in [0.15, 0.2) is 0 Å². The lowest BCUT2D eigenvalue weighted by atomic mass is 10.0. The fraction of sp³-hybridized carbons (Fsp3) is 0.385. The van der Waals surface area contributed by atoms with Crippen LogP contribution in [0.2, 0.25) is 0 Å². The van der Waals surface area contributed by atoms with Crippen molar-refractivity contribution in [2.45, 2.75) is 12.5 Å². The summed E-state index contributed by atoms with van der Waals surface area (Å²) >= 11 is 0. The first kappa shape index (κ1) is 15.1. The molecule has 0 saturated carbocycles. The van der Waals surface area contributed by atoms with E-state index in [-0.39, 0.29) is 24.8 Å². The van der Waals surface area contributed by atoms with Gasteiger partial charge in [-0.1, -0.05) is 12.1 Å². The molecule has 1 aromatic rings. The average Bonchev–Trinajstić information content (AvgIpc) is 2.39. The van der Waals surface area contributed by atoms with Crippen molar-refractivity contribution in [3.8, 4) is 0 Å². The summed E-state index contributed by atoms with van der Waals surface area (Å²) in [6.45, 7) is -0.112. The Morgan fingerprint density at radius 2 is 1.89 bits per heavy atom. The smallest absolute Gasteiger partial charge is 0.307 e. The maximum absolute atomic E-state index is 12.9. The van der Waals surface area contributed by atoms with E-state index in [1.54, 1.807) is 0 Å². The first-order chi connectivity index (χ1) is 9.06. The Bertz CT molecular complexity index is 433. The van der Waals surface area contributed by atoms with E-state index in [1.807, 2.05) is 0 Å². The number of carbonyl (C=O) groups is 2. The Hall–Kier alpha value is -1.95. The number of methoxy groups -OCH3 is 2. The molecule has 0 aliphatic rings. The van der Waals surface area contributed by atoms with Crippen molar-refractivity contribution in [2.75, 3.05) is 20.8 Å². The molecular formula is C13H16FNO4. The van der Waals surface area contributed by atoms with Crippen LogP contribution >= 0.6 is 0 Å². The number of ether oxygens (including phenoxy) is 2. The molecule has 0 bridgehead atoms. The van der Waals surface area contributed by atoms with E-state index >= 15 is 0 Å². The number of carbonyl (C=O) groups excluding carboxylic acids is 2. The highest BCUT2D eigenvalue weighted by molar-refractivity contribution is 5.79. The number of hydrogen-bond donors (Lipinski definition) is 1. The molecule has 1 atom stereocenters. The van der Waals surface area contributed by atoms with Gasteiger partial charge in [0.05, 0.1) is 19.6 Å². The van der Waals surface area contributed by atoms with Crippen LogP contribution in [0.5, 0.6) is 0 Å². The maximum atomic E-state index is 12.9. The molecule has 1 N–H and O–H groups in total. The monoisotopic (exact) mass is 269 g/mol. The van der Waals surface area contributed by atoms with Crippen LogP contribution in [0.3, 0.4) is 0 Å². The molecule has 1 rings (SSSR count). The van der Waals surface area contributed by atoms with E-state index in [9.17, 15) is 14.0 Å². The van der Waals surface area contributed by atoms with E-state index in [0.29, 0.717) is 5.56 Å². The molecular weight excluding hydrogens is 253 g/mol. The lowest BCUT2D eigenvalue weighted by molar-refractivity contribution is -0.141. The Balaban J connectivity index is 2.82. The first-order valence-electron chi connectivity index (χ1n) is 5.67. The third-order valence-electron chi connectivity index (χ3n) is 2.48. The van der Waals surface area contributed by atoms with Crippen molar-refractivity contribution in [3.63, 3.8) is 0 Å². The summed E-state index contributed by atoms with van der Waals surface area (Å²) in [4.78, 5) is 22.8. The highest BCUT2D eigenvalue weighted by atomic mass is 19.1. The largest absolute Gasteiger partial charge is 0.469 e. The molecule has 104 valence electrons. The van der Waals surface area contributed by atoms with Gasteiger partial charge >= 0.3 is 5.97 Å². The Morgan fingerprint density at radius 3 is 2.42 bits per heavy atom. The third-order valence-corrected chi connectivity index (χ3v) is 2.48. The summed E-state index contributed by atoms with van der Waals surface area (Å²) in [5, 5.41) is 2.63. The first-order valence-corrected chi connectivity index (χ1v) is 5.67. The minimum absolute atomic E-state index is 0.0302. The second-order valence-electron chi connectivity index (χ2n) is 3.88. The molecule has 6 heteroatoms. The lowest BCUT2D eigenvalue weighted by Crippen LogP contribution is -2.32. The van der Waals surface area contributed by atoms with Crippen molar-refractivity contribution in [1.29, 1.82) is 0 Å². The van der Waals surface area contributed by atoms with Gasteiger partial charge in [0.25, 0.3) is 0 Å². The van der Waals surface area contributed by atoms with Crippen molar-refractivity contribution in [3.05, 3.63) is 35.6 Å². The van der Waals surface area contributed by atoms with Crippen LogP contribution < -0.4 is 5.32 Å². The molecule has 0 spiro atoms. The van der Waals surface area contributed by atoms with Crippen LogP contribution in [0, 0.1) is 5.82 Å². The van der Waals surface area contributed by atoms with Crippen LogP contribution in [0.4, 0.5) is 4.39 Å². The lowest BCUT2D eigenvalue weighted by Gasteiger charge is -2.18. The van der Waals surface area contributed by atoms with Gasteiger partial charge in [-0.15, -0.1) is 0 Å². The van der Waals surface area contributed by atoms with Crippen molar-refractivity contribution < 1.29 is 23.5 Å². The standard InChI is InChI=1S/C13H16FNO4/c1-18-8-12(16)15-11(7-13(17)19-2)9-3-5-10(14)6-4-9/h3-6,11H,7-8H2,1-2H3,(H,15,16)/t11-/m1/s1. The van der Waals surface area contributed by atoms with Crippen molar-refractivity contribution in [2.24, 2.45) is 0 Å². The normalized spacial score (nSPS) is 11.7. The molecule has 0 unspecified atom stereocenters. The van der Waals surface area contributed by atoms with E-state index in [2.05, 4.69) is 10.1 Å². The molecule has 0 heterocycles. The number of esters is 1. The van der Waals surface area contributed by atoms with E-state index < -0.39 is 12.0 Å². The van der Waals surface area contributed by atoms with E-state index in [0.717, 1.165) is 0 Å². The molecule has 0 saturated heterocycles. The number of rotatable bonds is 6. The van der Waals surface area contributed by atoms with Gasteiger partial charge in [-0.3, -0.25) is 9.59 Å². The van der Waals surface area contributed by atoms with Crippen LogP contribution in [-0.2, 0) is 19.1 Å². The highest BCUT2D eigenvalue weighted by Gasteiger charge is 2.18. The van der Waals surface area contributed by atoms with Crippen LogP contribution in [0.1, 0.15) is 18.0 Å². The summed E-state index contributed by atoms with van der Waals surface area (Å²) in [5.74, 6) is -1.21. The fourth-order valence-corrected chi connectivity index (χ4v) is 1.56. The third kappa shape index (κ3) is 5.05. The number of nitrogens with one attached hydrogen (secondary N) is 1. The highest BCUT2D eigenvalue weighted by Crippen LogP contribution is 2.18. The number of benzene rings is 1. The van der Waals surface area contributed by atoms with Gasteiger partial charge in [0.1, 0.15) is 12.4 Å². The Kier molecular flexibility index (Phi) is 5.95. The molecule has 19 heavy (non-hydrogen) atoms. The second-order valence-corrected chi connectivity index (χ2v) is 3.88. The minimum Gasteiger partial charge on any atom is -0.469 e. The average molecular weight is 269 g/mol. The minimum atomic E-state index is -0.573. The summed E-state index contributed by atoms with van der Waals surface area (Å²) in [6.07, 6.45) is -0.0302. The molecule has 0 fully saturated rings. The topological polar surface area (TPSA) is 64.6 Å². The van der Waals surface area contributed by atoms with Crippen LogP contribution in [-0.4, -0.2) is 32.7 Å². The van der Waals surface area contributed by atoms with Gasteiger partial charge in [0, 0.05) is 7.11 Å². The molecule has 0 aromatic heterocycles. The summed E-state index contributed by atoms with van der Waals surface area (Å²) in [5.41, 5.74) is 0.622. The van der Waals surface area contributed by atoms with E-state index in [1.165, 1.54) is 38.5 Å². The molecule has 0 aliphatic heterocycles. The zero-order chi connectivity index (χ0) is 14.3. The maximum Gasteiger partial charge on any atom is 0.307 e. The van der Waals surface area contributed by atoms with Gasteiger partial charge in [-0.25, -0.2) is 4.39 Å². The van der Waals surface area contributed by atoms with Gasteiger partial charge < -0.3 is 14.8 Å². The van der Waals surface area contributed by atoms with Crippen LogP contribution in [0.15, 0.2) is 24.3 Å². The summed E-state index contributed by atoms with van der Waals surface area (Å²) in [7, 11) is 2.66. The number of halogens is 1. The van der Waals surface area contributed by atoms with Gasteiger partial charge in [0.2, 0.25) is 5.91 Å². The zero-order valence-corrected chi connectivity index (χ0v) is 10.8. The molecule has 5 nitrogen and oxygen atoms in total. The Morgan fingerprint density at radius 1 is 1.26 bits per heavy atom.